The second-order valence-corrected chi connectivity index (χ2v) is 6.83. The maximum absolute atomic E-state index is 12.2. The molecule has 1 amide bonds. The van der Waals surface area contributed by atoms with E-state index in [0.717, 1.165) is 58.1 Å². The van der Waals surface area contributed by atoms with Gasteiger partial charge >= 0.3 is 0 Å². The van der Waals surface area contributed by atoms with Gasteiger partial charge in [0.2, 0.25) is 5.91 Å². The molecular weight excluding hydrogens is 264 g/mol. The molecule has 21 heavy (non-hydrogen) atoms. The zero-order valence-electron chi connectivity index (χ0n) is 13.9. The lowest BCUT2D eigenvalue weighted by Crippen LogP contribution is -2.49. The Morgan fingerprint density at radius 1 is 1.14 bits per heavy atom. The van der Waals surface area contributed by atoms with Crippen molar-refractivity contribution >= 4 is 5.91 Å². The molecule has 2 aliphatic rings. The summed E-state index contributed by atoms with van der Waals surface area (Å²) < 4.78 is 5.59. The summed E-state index contributed by atoms with van der Waals surface area (Å²) in [5, 5.41) is 0. The second kappa shape index (κ2) is 8.74. The van der Waals surface area contributed by atoms with E-state index < -0.39 is 0 Å². The highest BCUT2D eigenvalue weighted by molar-refractivity contribution is 5.76. The zero-order valence-corrected chi connectivity index (χ0v) is 13.9. The number of carbonyl (C=O) groups is 1. The first-order valence-electron chi connectivity index (χ1n) is 8.77. The fraction of sp³-hybridized carbons (Fsp3) is 0.941. The van der Waals surface area contributed by atoms with Gasteiger partial charge in [0.25, 0.3) is 0 Å². The highest BCUT2D eigenvalue weighted by Gasteiger charge is 2.22. The lowest BCUT2D eigenvalue weighted by molar-refractivity contribution is -0.133. The van der Waals surface area contributed by atoms with Crippen LogP contribution < -0.4 is 0 Å². The fourth-order valence-corrected chi connectivity index (χ4v) is 3.42. The Balaban J connectivity index is 1.58. The van der Waals surface area contributed by atoms with Crippen molar-refractivity contribution in [2.24, 2.45) is 5.92 Å². The van der Waals surface area contributed by atoms with Crippen molar-refractivity contribution in [2.45, 2.75) is 58.5 Å². The van der Waals surface area contributed by atoms with Crippen molar-refractivity contribution in [3.8, 4) is 0 Å². The maximum atomic E-state index is 12.2. The molecule has 122 valence electrons. The van der Waals surface area contributed by atoms with Gasteiger partial charge in [-0.25, -0.2) is 0 Å². The van der Waals surface area contributed by atoms with Crippen LogP contribution in [-0.4, -0.2) is 61.1 Å². The summed E-state index contributed by atoms with van der Waals surface area (Å²) in [7, 11) is 0. The van der Waals surface area contributed by atoms with Crippen LogP contribution in [0.25, 0.3) is 0 Å². The minimum absolute atomic E-state index is 0.309. The van der Waals surface area contributed by atoms with E-state index in [2.05, 4.69) is 23.6 Å². The van der Waals surface area contributed by atoms with Crippen molar-refractivity contribution in [1.82, 2.24) is 9.80 Å². The van der Waals surface area contributed by atoms with E-state index in [1.807, 2.05) is 0 Å². The molecule has 0 aromatic carbocycles. The minimum Gasteiger partial charge on any atom is -0.377 e. The first-order valence-corrected chi connectivity index (χ1v) is 8.77. The molecule has 1 saturated carbocycles. The molecule has 0 aromatic heterocycles. The molecule has 4 nitrogen and oxygen atoms in total. The summed E-state index contributed by atoms with van der Waals surface area (Å²) in [5.41, 5.74) is 0. The van der Waals surface area contributed by atoms with E-state index >= 15 is 0 Å². The van der Waals surface area contributed by atoms with Crippen LogP contribution in [0.1, 0.15) is 52.4 Å². The van der Waals surface area contributed by atoms with E-state index in [9.17, 15) is 4.79 Å². The Hall–Kier alpha value is -0.610. The Morgan fingerprint density at radius 2 is 1.81 bits per heavy atom. The highest BCUT2D eigenvalue weighted by atomic mass is 16.5. The van der Waals surface area contributed by atoms with Crippen LogP contribution in [-0.2, 0) is 9.53 Å². The predicted molar refractivity (Wildman–Crippen MR) is 85.3 cm³/mol. The smallest absolute Gasteiger partial charge is 0.222 e. The summed E-state index contributed by atoms with van der Waals surface area (Å²) in [6, 6.07) is 0. The van der Waals surface area contributed by atoms with E-state index in [1.54, 1.807) is 0 Å². The molecule has 0 aromatic rings. The van der Waals surface area contributed by atoms with Gasteiger partial charge in [-0.05, 0) is 26.2 Å². The number of hydrogen-bond acceptors (Lipinski definition) is 3. The molecule has 0 bridgehead atoms. The predicted octanol–water partition coefficient (Wildman–Crippen LogP) is 2.53. The van der Waals surface area contributed by atoms with Crippen molar-refractivity contribution in [1.29, 1.82) is 0 Å². The van der Waals surface area contributed by atoms with Gasteiger partial charge in [0, 0.05) is 39.1 Å². The summed E-state index contributed by atoms with van der Waals surface area (Å²) >= 11 is 0. The van der Waals surface area contributed by atoms with Crippen molar-refractivity contribution in [3.63, 3.8) is 0 Å². The molecule has 1 heterocycles. The summed E-state index contributed by atoms with van der Waals surface area (Å²) in [5.74, 6) is 1.20. The third-order valence-corrected chi connectivity index (χ3v) is 4.82. The van der Waals surface area contributed by atoms with E-state index in [4.69, 9.17) is 4.74 Å². The van der Waals surface area contributed by atoms with Gasteiger partial charge < -0.3 is 9.64 Å². The number of rotatable bonds is 7. The summed E-state index contributed by atoms with van der Waals surface area (Å²) in [4.78, 5) is 16.7. The number of amides is 1. The number of nitrogens with zero attached hydrogens (tertiary/aromatic N) is 2. The molecule has 0 radical (unpaired) electrons. The van der Waals surface area contributed by atoms with E-state index in [-0.39, 0.29) is 0 Å². The molecule has 0 unspecified atom stereocenters. The first-order chi connectivity index (χ1) is 10.1. The van der Waals surface area contributed by atoms with Crippen molar-refractivity contribution in [2.75, 3.05) is 39.3 Å². The van der Waals surface area contributed by atoms with Crippen LogP contribution in [0.3, 0.4) is 0 Å². The van der Waals surface area contributed by atoms with Gasteiger partial charge in [-0.15, -0.1) is 0 Å². The minimum atomic E-state index is 0.309. The summed E-state index contributed by atoms with van der Waals surface area (Å²) in [6.07, 6.45) is 7.62. The SMILES string of the molecule is CC(C)OCCN1CCN(C(=O)CCC2CCCC2)CC1. The van der Waals surface area contributed by atoms with Crippen molar-refractivity contribution in [3.05, 3.63) is 0 Å². The Labute approximate surface area is 129 Å². The molecule has 0 spiro atoms. The van der Waals surface area contributed by atoms with Gasteiger partial charge in [0.1, 0.15) is 0 Å². The third kappa shape index (κ3) is 5.95. The molecule has 1 aliphatic carbocycles. The monoisotopic (exact) mass is 296 g/mol. The third-order valence-electron chi connectivity index (χ3n) is 4.82. The second-order valence-electron chi connectivity index (χ2n) is 6.83. The normalized spacial score (nSPS) is 21.4. The lowest BCUT2D eigenvalue weighted by atomic mass is 10.0. The van der Waals surface area contributed by atoms with E-state index in [0.29, 0.717) is 12.0 Å². The number of ether oxygens (including phenoxy) is 1. The van der Waals surface area contributed by atoms with Gasteiger partial charge in [0.05, 0.1) is 12.7 Å². The molecule has 0 N–H and O–H groups in total. The Kier molecular flexibility index (Phi) is 6.97. The van der Waals surface area contributed by atoms with Crippen LogP contribution in [0.5, 0.6) is 0 Å². The van der Waals surface area contributed by atoms with Crippen LogP contribution in [0.15, 0.2) is 0 Å². The molecule has 4 heteroatoms. The van der Waals surface area contributed by atoms with E-state index in [1.165, 1.54) is 25.7 Å². The summed E-state index contributed by atoms with van der Waals surface area (Å²) in [6.45, 7) is 9.71. The maximum Gasteiger partial charge on any atom is 0.222 e. The van der Waals surface area contributed by atoms with Gasteiger partial charge in [-0.1, -0.05) is 25.7 Å². The molecule has 2 fully saturated rings. The topological polar surface area (TPSA) is 32.8 Å². The first kappa shape index (κ1) is 16.8. The van der Waals surface area contributed by atoms with Crippen LogP contribution in [0, 0.1) is 5.92 Å². The van der Waals surface area contributed by atoms with Gasteiger partial charge in [0.15, 0.2) is 0 Å². The van der Waals surface area contributed by atoms with Crippen LogP contribution in [0.4, 0.5) is 0 Å². The standard InChI is InChI=1S/C17H32N2O2/c1-15(2)21-14-13-18-9-11-19(12-10-18)17(20)8-7-16-5-3-4-6-16/h15-16H,3-14H2,1-2H3. The van der Waals surface area contributed by atoms with Gasteiger partial charge in [-0.3, -0.25) is 9.69 Å². The quantitative estimate of drug-likeness (QED) is 0.724. The number of hydrogen-bond donors (Lipinski definition) is 0. The van der Waals surface area contributed by atoms with Gasteiger partial charge in [-0.2, -0.15) is 0 Å². The largest absolute Gasteiger partial charge is 0.377 e. The molecular formula is C17H32N2O2. The molecule has 0 atom stereocenters. The molecule has 1 saturated heterocycles. The zero-order chi connectivity index (χ0) is 15.1. The lowest BCUT2D eigenvalue weighted by Gasteiger charge is -2.35. The van der Waals surface area contributed by atoms with Crippen LogP contribution >= 0.6 is 0 Å². The van der Waals surface area contributed by atoms with Crippen LogP contribution in [0.2, 0.25) is 0 Å². The molecule has 1 aliphatic heterocycles. The average molecular weight is 296 g/mol. The molecule has 2 rings (SSSR count). The van der Waals surface area contributed by atoms with Crippen molar-refractivity contribution < 1.29 is 9.53 Å². The fourth-order valence-electron chi connectivity index (χ4n) is 3.42. The highest BCUT2D eigenvalue weighted by Crippen LogP contribution is 2.28. The Bertz CT molecular complexity index is 306. The number of carbonyl (C=O) groups excluding carboxylic acids is 1. The number of piperazine rings is 1. The Morgan fingerprint density at radius 3 is 2.43 bits per heavy atom. The average Bonchev–Trinajstić information content (AvgIpc) is 2.98.